The Bertz CT molecular complexity index is 466. The summed E-state index contributed by atoms with van der Waals surface area (Å²) < 4.78 is 1.67. The number of aromatic nitrogens is 2. The summed E-state index contributed by atoms with van der Waals surface area (Å²) in [6.07, 6.45) is 3.83. The fourth-order valence-corrected chi connectivity index (χ4v) is 2.71. The molecule has 0 saturated carbocycles. The molecule has 1 aliphatic rings. The Kier molecular flexibility index (Phi) is 4.94. The topological polar surface area (TPSA) is 76.2 Å². The monoisotopic (exact) mass is 281 g/mol. The van der Waals surface area contributed by atoms with Crippen LogP contribution >= 0.6 is 0 Å². The first-order valence-electron chi connectivity index (χ1n) is 7.31. The number of hydrogen-bond donors (Lipinski definition) is 1. The van der Waals surface area contributed by atoms with Gasteiger partial charge in [0.2, 0.25) is 5.82 Å². The van der Waals surface area contributed by atoms with Crippen LogP contribution in [0.2, 0.25) is 0 Å². The van der Waals surface area contributed by atoms with E-state index in [2.05, 4.69) is 15.3 Å². The minimum atomic E-state index is -0.349. The Morgan fingerprint density at radius 1 is 1.35 bits per heavy atom. The van der Waals surface area contributed by atoms with Gasteiger partial charge in [0.15, 0.2) is 0 Å². The molecule has 0 spiro atoms. The molecular weight excluding hydrogens is 258 g/mol. The molecule has 0 aliphatic carbocycles. The summed E-state index contributed by atoms with van der Waals surface area (Å²) in [5.74, 6) is 0.534. The van der Waals surface area contributed by atoms with Crippen LogP contribution < -0.4 is 5.32 Å². The zero-order valence-electron chi connectivity index (χ0n) is 12.3. The normalized spacial score (nSPS) is 16.3. The Hall–Kier alpha value is -1.63. The van der Waals surface area contributed by atoms with E-state index in [-0.39, 0.29) is 10.6 Å². The van der Waals surface area contributed by atoms with E-state index in [0.717, 1.165) is 19.6 Å². The molecule has 1 fully saturated rings. The standard InChI is InChI=1S/C13H23N5O2/c1-3-17-13(12(18(19)20)11(2)15-17)14-7-10-16-8-5-4-6-9-16/h14H,3-10H2,1-2H3. The summed E-state index contributed by atoms with van der Waals surface area (Å²) in [6, 6.07) is 0. The van der Waals surface area contributed by atoms with Gasteiger partial charge in [-0.2, -0.15) is 5.10 Å². The molecule has 7 nitrogen and oxygen atoms in total. The quantitative estimate of drug-likeness (QED) is 0.637. The first-order valence-corrected chi connectivity index (χ1v) is 7.31. The molecule has 1 aromatic heterocycles. The molecule has 20 heavy (non-hydrogen) atoms. The van der Waals surface area contributed by atoms with Gasteiger partial charge in [-0.3, -0.25) is 10.1 Å². The highest BCUT2D eigenvalue weighted by Crippen LogP contribution is 2.27. The zero-order valence-corrected chi connectivity index (χ0v) is 12.3. The van der Waals surface area contributed by atoms with Gasteiger partial charge in [-0.25, -0.2) is 4.68 Å². The van der Waals surface area contributed by atoms with E-state index in [0.29, 0.717) is 24.6 Å². The molecule has 0 atom stereocenters. The third-order valence-corrected chi connectivity index (χ3v) is 3.75. The van der Waals surface area contributed by atoms with Crippen molar-refractivity contribution in [3.8, 4) is 0 Å². The summed E-state index contributed by atoms with van der Waals surface area (Å²) in [4.78, 5) is 13.2. The summed E-state index contributed by atoms with van der Waals surface area (Å²) in [5, 5.41) is 18.6. The molecular formula is C13H23N5O2. The maximum atomic E-state index is 11.1. The number of hydrogen-bond acceptors (Lipinski definition) is 5. The van der Waals surface area contributed by atoms with Crippen LogP contribution in [0, 0.1) is 17.0 Å². The summed E-state index contributed by atoms with van der Waals surface area (Å²) in [5.41, 5.74) is 0.572. The molecule has 7 heteroatoms. The third kappa shape index (κ3) is 3.27. The van der Waals surface area contributed by atoms with Crippen molar-refractivity contribution >= 4 is 11.5 Å². The van der Waals surface area contributed by atoms with Gasteiger partial charge in [0.05, 0.1) is 4.92 Å². The van der Waals surface area contributed by atoms with Gasteiger partial charge in [0.25, 0.3) is 0 Å². The van der Waals surface area contributed by atoms with E-state index in [1.54, 1.807) is 11.6 Å². The van der Waals surface area contributed by atoms with Gasteiger partial charge >= 0.3 is 5.69 Å². The van der Waals surface area contributed by atoms with E-state index in [9.17, 15) is 10.1 Å². The molecule has 0 aromatic carbocycles. The number of rotatable bonds is 6. The van der Waals surface area contributed by atoms with E-state index in [1.165, 1.54) is 19.3 Å². The number of anilines is 1. The number of nitrogens with zero attached hydrogens (tertiary/aromatic N) is 4. The average Bonchev–Trinajstić information content (AvgIpc) is 2.76. The molecule has 0 amide bonds. The first-order chi connectivity index (χ1) is 9.63. The Morgan fingerprint density at radius 2 is 2.05 bits per heavy atom. The lowest BCUT2D eigenvalue weighted by Crippen LogP contribution is -2.34. The molecule has 0 unspecified atom stereocenters. The molecule has 112 valence electrons. The van der Waals surface area contributed by atoms with Crippen LogP contribution in [0.3, 0.4) is 0 Å². The number of piperidine rings is 1. The van der Waals surface area contributed by atoms with Gasteiger partial charge in [0, 0.05) is 19.6 Å². The van der Waals surface area contributed by atoms with E-state index in [1.807, 2.05) is 6.92 Å². The smallest absolute Gasteiger partial charge is 0.333 e. The lowest BCUT2D eigenvalue weighted by atomic mass is 10.1. The molecule has 2 heterocycles. The summed E-state index contributed by atoms with van der Waals surface area (Å²) >= 11 is 0. The molecule has 0 bridgehead atoms. The van der Waals surface area contributed by atoms with Crippen LogP contribution in [-0.2, 0) is 6.54 Å². The van der Waals surface area contributed by atoms with E-state index >= 15 is 0 Å². The molecule has 1 aromatic rings. The van der Waals surface area contributed by atoms with Gasteiger partial charge < -0.3 is 10.2 Å². The second-order valence-electron chi connectivity index (χ2n) is 5.18. The fourth-order valence-electron chi connectivity index (χ4n) is 2.71. The highest BCUT2D eigenvalue weighted by atomic mass is 16.6. The van der Waals surface area contributed by atoms with Gasteiger partial charge in [-0.05, 0) is 39.8 Å². The number of aryl methyl sites for hydroxylation is 2. The third-order valence-electron chi connectivity index (χ3n) is 3.75. The maximum Gasteiger partial charge on any atom is 0.333 e. The predicted molar refractivity (Wildman–Crippen MR) is 78.1 cm³/mol. The molecule has 1 aliphatic heterocycles. The molecule has 0 radical (unpaired) electrons. The van der Waals surface area contributed by atoms with Crippen molar-refractivity contribution in [3.05, 3.63) is 15.8 Å². The predicted octanol–water partition coefficient (Wildman–Crippen LogP) is 2.02. The van der Waals surface area contributed by atoms with Crippen molar-refractivity contribution in [1.82, 2.24) is 14.7 Å². The van der Waals surface area contributed by atoms with Crippen molar-refractivity contribution in [2.24, 2.45) is 0 Å². The largest absolute Gasteiger partial charge is 0.363 e. The second kappa shape index (κ2) is 6.69. The molecule has 1 saturated heterocycles. The average molecular weight is 281 g/mol. The molecule has 1 N–H and O–H groups in total. The van der Waals surface area contributed by atoms with Crippen LogP contribution in [0.15, 0.2) is 0 Å². The summed E-state index contributed by atoms with van der Waals surface area (Å²) in [7, 11) is 0. The van der Waals surface area contributed by atoms with Crippen molar-refractivity contribution in [3.63, 3.8) is 0 Å². The van der Waals surface area contributed by atoms with Gasteiger partial charge in [0.1, 0.15) is 5.69 Å². The van der Waals surface area contributed by atoms with Crippen molar-refractivity contribution in [2.75, 3.05) is 31.5 Å². The number of likely N-dealkylation sites (tertiary alicyclic amines) is 1. The highest BCUT2D eigenvalue weighted by molar-refractivity contribution is 5.59. The van der Waals surface area contributed by atoms with Crippen LogP contribution in [0.25, 0.3) is 0 Å². The second-order valence-corrected chi connectivity index (χ2v) is 5.18. The minimum Gasteiger partial charge on any atom is -0.363 e. The fraction of sp³-hybridized carbons (Fsp3) is 0.769. The maximum absolute atomic E-state index is 11.1. The van der Waals surface area contributed by atoms with Crippen molar-refractivity contribution in [1.29, 1.82) is 0 Å². The molecule has 2 rings (SSSR count). The Morgan fingerprint density at radius 3 is 2.65 bits per heavy atom. The van der Waals surface area contributed by atoms with Crippen LogP contribution in [0.4, 0.5) is 11.5 Å². The van der Waals surface area contributed by atoms with E-state index in [4.69, 9.17) is 0 Å². The van der Waals surface area contributed by atoms with E-state index < -0.39 is 0 Å². The lowest BCUT2D eigenvalue weighted by Gasteiger charge is -2.26. The van der Waals surface area contributed by atoms with Gasteiger partial charge in [-0.15, -0.1) is 0 Å². The van der Waals surface area contributed by atoms with Gasteiger partial charge in [-0.1, -0.05) is 6.42 Å². The number of nitrogens with one attached hydrogen (secondary N) is 1. The summed E-state index contributed by atoms with van der Waals surface area (Å²) in [6.45, 7) is 8.15. The SMILES string of the molecule is CCn1nc(C)c([N+](=O)[O-])c1NCCN1CCCCC1. The Labute approximate surface area is 119 Å². The minimum absolute atomic E-state index is 0.102. The van der Waals surface area contributed by atoms with Crippen molar-refractivity contribution in [2.45, 2.75) is 39.7 Å². The van der Waals surface area contributed by atoms with Crippen molar-refractivity contribution < 1.29 is 4.92 Å². The number of nitro groups is 1. The zero-order chi connectivity index (χ0) is 14.5. The van der Waals surface area contributed by atoms with Crippen LogP contribution in [-0.4, -0.2) is 45.8 Å². The first kappa shape index (κ1) is 14.8. The highest BCUT2D eigenvalue weighted by Gasteiger charge is 2.24. The Balaban J connectivity index is 1.98. The van der Waals surface area contributed by atoms with Crippen LogP contribution in [0.5, 0.6) is 0 Å². The lowest BCUT2D eigenvalue weighted by molar-refractivity contribution is -0.384. The van der Waals surface area contributed by atoms with Crippen LogP contribution in [0.1, 0.15) is 31.9 Å².